The summed E-state index contributed by atoms with van der Waals surface area (Å²) in [7, 11) is 3.20. The highest BCUT2D eigenvalue weighted by molar-refractivity contribution is 6.32. The van der Waals surface area contributed by atoms with Crippen LogP contribution in [0.25, 0.3) is 0 Å². The van der Waals surface area contributed by atoms with Crippen LogP contribution < -0.4 is 10.1 Å². The maximum Gasteiger partial charge on any atom is 0.346 e. The van der Waals surface area contributed by atoms with Crippen LogP contribution in [-0.2, 0) is 9.53 Å². The molecule has 1 rings (SSSR count). The molecule has 18 heavy (non-hydrogen) atoms. The zero-order valence-electron chi connectivity index (χ0n) is 11.0. The number of benzene rings is 1. The Morgan fingerprint density at radius 2 is 2.06 bits per heavy atom. The van der Waals surface area contributed by atoms with Crippen molar-refractivity contribution in [1.82, 2.24) is 5.32 Å². The number of esters is 1. The van der Waals surface area contributed by atoms with Gasteiger partial charge in [-0.3, -0.25) is 0 Å². The lowest BCUT2D eigenvalue weighted by atomic mass is 10.1. The van der Waals surface area contributed by atoms with Crippen LogP contribution in [0.15, 0.2) is 18.2 Å². The highest BCUT2D eigenvalue weighted by Gasteiger charge is 2.16. The Morgan fingerprint density at radius 1 is 1.39 bits per heavy atom. The number of hydrogen-bond acceptors (Lipinski definition) is 4. The van der Waals surface area contributed by atoms with Crippen molar-refractivity contribution in [3.63, 3.8) is 0 Å². The molecule has 5 heteroatoms. The topological polar surface area (TPSA) is 47.6 Å². The van der Waals surface area contributed by atoms with Gasteiger partial charge >= 0.3 is 5.97 Å². The van der Waals surface area contributed by atoms with Crippen LogP contribution in [0.3, 0.4) is 0 Å². The molecule has 0 amide bonds. The number of carbonyl (C=O) groups is 1. The molecule has 4 nitrogen and oxygen atoms in total. The third kappa shape index (κ3) is 3.62. The Morgan fingerprint density at radius 3 is 2.56 bits per heavy atom. The minimum atomic E-state index is -0.680. The lowest BCUT2D eigenvalue weighted by Gasteiger charge is -2.16. The van der Waals surface area contributed by atoms with Crippen molar-refractivity contribution >= 4 is 17.6 Å². The molecule has 0 heterocycles. The third-order valence-electron chi connectivity index (χ3n) is 2.73. The molecule has 0 saturated carbocycles. The highest BCUT2D eigenvalue weighted by atomic mass is 35.5. The quantitative estimate of drug-likeness (QED) is 0.836. The molecule has 2 atom stereocenters. The number of halogens is 1. The van der Waals surface area contributed by atoms with Gasteiger partial charge in [-0.25, -0.2) is 4.79 Å². The van der Waals surface area contributed by atoms with Crippen LogP contribution in [0.1, 0.15) is 25.5 Å². The summed E-state index contributed by atoms with van der Waals surface area (Å²) in [5, 5.41) is 3.60. The standard InChI is InChI=1S/C13H18ClNO3/c1-8(15-3)10-5-6-12(11(14)7-10)18-9(2)13(16)17-4/h5-9,15H,1-4H3. The smallest absolute Gasteiger partial charge is 0.346 e. The average molecular weight is 272 g/mol. The van der Waals surface area contributed by atoms with Gasteiger partial charge in [-0.05, 0) is 38.6 Å². The maximum atomic E-state index is 11.2. The summed E-state index contributed by atoms with van der Waals surface area (Å²) < 4.78 is 10.0. The van der Waals surface area contributed by atoms with E-state index in [1.807, 2.05) is 26.1 Å². The van der Waals surface area contributed by atoms with Crippen molar-refractivity contribution in [2.24, 2.45) is 0 Å². The third-order valence-corrected chi connectivity index (χ3v) is 3.02. The van der Waals surface area contributed by atoms with Crippen molar-refractivity contribution < 1.29 is 14.3 Å². The molecular weight excluding hydrogens is 254 g/mol. The Kier molecular flexibility index (Phi) is 5.44. The molecule has 0 aliphatic rings. The van der Waals surface area contributed by atoms with E-state index in [9.17, 15) is 4.79 Å². The van der Waals surface area contributed by atoms with Crippen LogP contribution in [0.2, 0.25) is 5.02 Å². The van der Waals surface area contributed by atoms with Crippen LogP contribution in [0.5, 0.6) is 5.75 Å². The fourth-order valence-electron chi connectivity index (χ4n) is 1.45. The van der Waals surface area contributed by atoms with Gasteiger partial charge in [0, 0.05) is 6.04 Å². The van der Waals surface area contributed by atoms with E-state index in [-0.39, 0.29) is 6.04 Å². The van der Waals surface area contributed by atoms with Gasteiger partial charge in [0.15, 0.2) is 6.10 Å². The fraction of sp³-hybridized carbons (Fsp3) is 0.462. The van der Waals surface area contributed by atoms with Crippen molar-refractivity contribution in [3.05, 3.63) is 28.8 Å². The summed E-state index contributed by atoms with van der Waals surface area (Å²) in [5.74, 6) is 0.0420. The highest BCUT2D eigenvalue weighted by Crippen LogP contribution is 2.28. The first-order valence-corrected chi connectivity index (χ1v) is 6.08. The van der Waals surface area contributed by atoms with Crippen LogP contribution >= 0.6 is 11.6 Å². The number of hydrogen-bond donors (Lipinski definition) is 1. The second kappa shape index (κ2) is 6.61. The van der Waals surface area contributed by atoms with E-state index in [4.69, 9.17) is 16.3 Å². The minimum Gasteiger partial charge on any atom is -0.477 e. The minimum absolute atomic E-state index is 0.203. The number of carbonyl (C=O) groups excluding carboxylic acids is 1. The molecule has 0 spiro atoms. The maximum absolute atomic E-state index is 11.2. The van der Waals surface area contributed by atoms with Gasteiger partial charge in [0.05, 0.1) is 12.1 Å². The molecule has 2 unspecified atom stereocenters. The van der Waals surface area contributed by atoms with Gasteiger partial charge in [-0.2, -0.15) is 0 Å². The molecular formula is C13H18ClNO3. The molecule has 1 N–H and O–H groups in total. The Hall–Kier alpha value is -1.26. The van der Waals surface area contributed by atoms with Crippen LogP contribution in [0.4, 0.5) is 0 Å². The molecule has 0 aromatic heterocycles. The van der Waals surface area contributed by atoms with E-state index in [0.717, 1.165) is 5.56 Å². The van der Waals surface area contributed by atoms with Crippen molar-refractivity contribution in [2.75, 3.05) is 14.2 Å². The molecule has 1 aromatic rings. The van der Waals surface area contributed by atoms with E-state index < -0.39 is 12.1 Å². The first kappa shape index (κ1) is 14.8. The van der Waals surface area contributed by atoms with Crippen LogP contribution in [-0.4, -0.2) is 26.2 Å². The summed E-state index contributed by atoms with van der Waals surface area (Å²) in [6.45, 7) is 3.65. The largest absolute Gasteiger partial charge is 0.477 e. The first-order chi connectivity index (χ1) is 8.49. The predicted octanol–water partition coefficient (Wildman–Crippen LogP) is 2.56. The van der Waals surface area contributed by atoms with Crippen molar-refractivity contribution in [1.29, 1.82) is 0 Å². The Balaban J connectivity index is 2.83. The zero-order chi connectivity index (χ0) is 13.7. The summed E-state index contributed by atoms with van der Waals surface area (Å²) in [6, 6.07) is 5.69. The van der Waals surface area contributed by atoms with Crippen molar-refractivity contribution in [2.45, 2.75) is 26.0 Å². The number of nitrogens with one attached hydrogen (secondary N) is 1. The summed E-state index contributed by atoms with van der Waals surface area (Å²) >= 11 is 6.12. The normalized spacial score (nSPS) is 13.8. The molecule has 0 aliphatic carbocycles. The summed E-state index contributed by atoms with van der Waals surface area (Å²) in [5.41, 5.74) is 1.06. The lowest BCUT2D eigenvalue weighted by Crippen LogP contribution is -2.25. The molecule has 0 saturated heterocycles. The molecule has 0 radical (unpaired) electrons. The van der Waals surface area contributed by atoms with E-state index in [2.05, 4.69) is 10.1 Å². The van der Waals surface area contributed by atoms with E-state index in [0.29, 0.717) is 10.8 Å². The lowest BCUT2D eigenvalue weighted by molar-refractivity contribution is -0.147. The van der Waals surface area contributed by atoms with Gasteiger partial charge in [0.2, 0.25) is 0 Å². The molecule has 0 fully saturated rings. The molecule has 1 aromatic carbocycles. The molecule has 0 aliphatic heterocycles. The number of rotatable bonds is 5. The van der Waals surface area contributed by atoms with Crippen LogP contribution in [0, 0.1) is 0 Å². The number of ether oxygens (including phenoxy) is 2. The van der Waals surface area contributed by atoms with Gasteiger partial charge in [0.1, 0.15) is 5.75 Å². The van der Waals surface area contributed by atoms with Gasteiger partial charge < -0.3 is 14.8 Å². The SMILES string of the molecule is CNC(C)c1ccc(OC(C)C(=O)OC)c(Cl)c1. The zero-order valence-corrected chi connectivity index (χ0v) is 11.7. The van der Waals surface area contributed by atoms with Crippen molar-refractivity contribution in [3.8, 4) is 5.75 Å². The van der Waals surface area contributed by atoms with E-state index in [1.165, 1.54) is 7.11 Å². The monoisotopic (exact) mass is 271 g/mol. The average Bonchev–Trinajstić information content (AvgIpc) is 2.38. The summed E-state index contributed by atoms with van der Waals surface area (Å²) in [6.07, 6.45) is -0.680. The summed E-state index contributed by atoms with van der Waals surface area (Å²) in [4.78, 5) is 11.2. The van der Waals surface area contributed by atoms with E-state index in [1.54, 1.807) is 13.0 Å². The Labute approximate surface area is 112 Å². The molecule has 0 bridgehead atoms. The van der Waals surface area contributed by atoms with Gasteiger partial charge in [0.25, 0.3) is 0 Å². The fourth-order valence-corrected chi connectivity index (χ4v) is 1.69. The second-order valence-corrected chi connectivity index (χ2v) is 4.39. The Bertz CT molecular complexity index is 423. The first-order valence-electron chi connectivity index (χ1n) is 5.70. The predicted molar refractivity (Wildman–Crippen MR) is 71.0 cm³/mol. The van der Waals surface area contributed by atoms with Gasteiger partial charge in [-0.1, -0.05) is 17.7 Å². The molecule has 100 valence electrons. The van der Waals surface area contributed by atoms with E-state index >= 15 is 0 Å². The number of methoxy groups -OCH3 is 1. The second-order valence-electron chi connectivity index (χ2n) is 3.98. The van der Waals surface area contributed by atoms with Gasteiger partial charge in [-0.15, -0.1) is 0 Å².